The van der Waals surface area contributed by atoms with Gasteiger partial charge in [0, 0.05) is 31.5 Å². The maximum absolute atomic E-state index is 5.30. The molecule has 1 aromatic carbocycles. The molecule has 0 aliphatic rings. The standard InChI is InChI=1S/C12H16N6/c1-18(2)10-5-3-4-9(6-10)16-11-7-12(17-13)15-8-14-11/h3-8H,13H2,1-2H3,(H2,14,15,16,17). The van der Waals surface area contributed by atoms with E-state index in [9.17, 15) is 0 Å². The summed E-state index contributed by atoms with van der Waals surface area (Å²) in [6.07, 6.45) is 1.45. The smallest absolute Gasteiger partial charge is 0.145 e. The summed E-state index contributed by atoms with van der Waals surface area (Å²) in [7, 11) is 4.00. The summed E-state index contributed by atoms with van der Waals surface area (Å²) >= 11 is 0. The first-order valence-corrected chi connectivity index (χ1v) is 5.52. The molecule has 4 N–H and O–H groups in total. The number of benzene rings is 1. The van der Waals surface area contributed by atoms with Crippen molar-refractivity contribution in [1.29, 1.82) is 0 Å². The van der Waals surface area contributed by atoms with Crippen LogP contribution < -0.4 is 21.5 Å². The van der Waals surface area contributed by atoms with Crippen molar-refractivity contribution in [3.05, 3.63) is 36.7 Å². The number of hydrogen-bond donors (Lipinski definition) is 3. The van der Waals surface area contributed by atoms with Crippen LogP contribution in [0.1, 0.15) is 0 Å². The minimum Gasteiger partial charge on any atom is -0.378 e. The third-order valence-corrected chi connectivity index (χ3v) is 2.45. The predicted molar refractivity (Wildman–Crippen MR) is 73.9 cm³/mol. The molecule has 0 amide bonds. The van der Waals surface area contributed by atoms with Crippen molar-refractivity contribution in [3.63, 3.8) is 0 Å². The molecule has 6 heteroatoms. The van der Waals surface area contributed by atoms with Crippen molar-refractivity contribution in [2.45, 2.75) is 0 Å². The van der Waals surface area contributed by atoms with E-state index in [1.165, 1.54) is 6.33 Å². The van der Waals surface area contributed by atoms with Crippen LogP contribution in [0.25, 0.3) is 0 Å². The van der Waals surface area contributed by atoms with Crippen LogP contribution in [0, 0.1) is 0 Å². The second-order valence-corrected chi connectivity index (χ2v) is 4.00. The molecule has 94 valence electrons. The minimum absolute atomic E-state index is 0.566. The molecule has 0 bridgehead atoms. The zero-order chi connectivity index (χ0) is 13.0. The lowest BCUT2D eigenvalue weighted by molar-refractivity contribution is 1.13. The molecule has 6 nitrogen and oxygen atoms in total. The number of nitrogens with one attached hydrogen (secondary N) is 2. The molecular formula is C12H16N6. The van der Waals surface area contributed by atoms with Crippen molar-refractivity contribution in [1.82, 2.24) is 9.97 Å². The summed E-state index contributed by atoms with van der Waals surface area (Å²) in [4.78, 5) is 10.1. The Morgan fingerprint density at radius 1 is 1.11 bits per heavy atom. The highest BCUT2D eigenvalue weighted by Gasteiger charge is 2.00. The monoisotopic (exact) mass is 244 g/mol. The average molecular weight is 244 g/mol. The Morgan fingerprint density at radius 2 is 1.89 bits per heavy atom. The van der Waals surface area contributed by atoms with Crippen LogP contribution in [0.5, 0.6) is 0 Å². The second-order valence-electron chi connectivity index (χ2n) is 4.00. The fourth-order valence-corrected chi connectivity index (χ4v) is 1.51. The second kappa shape index (κ2) is 5.33. The SMILES string of the molecule is CN(C)c1cccc(Nc2cc(NN)ncn2)c1. The fourth-order valence-electron chi connectivity index (χ4n) is 1.51. The lowest BCUT2D eigenvalue weighted by Gasteiger charge is -2.14. The van der Waals surface area contributed by atoms with Crippen molar-refractivity contribution in [2.24, 2.45) is 5.84 Å². The maximum atomic E-state index is 5.30. The van der Waals surface area contributed by atoms with Crippen LogP contribution in [0.15, 0.2) is 36.7 Å². The molecule has 0 radical (unpaired) electrons. The van der Waals surface area contributed by atoms with Gasteiger partial charge in [-0.15, -0.1) is 0 Å². The van der Waals surface area contributed by atoms with Gasteiger partial charge in [0.1, 0.15) is 18.0 Å². The molecule has 0 saturated carbocycles. The van der Waals surface area contributed by atoms with E-state index in [0.29, 0.717) is 11.6 Å². The summed E-state index contributed by atoms with van der Waals surface area (Å²) in [6, 6.07) is 9.78. The van der Waals surface area contributed by atoms with Crippen LogP contribution in [0.3, 0.4) is 0 Å². The van der Waals surface area contributed by atoms with E-state index >= 15 is 0 Å². The molecular weight excluding hydrogens is 228 g/mol. The molecule has 0 aliphatic heterocycles. The average Bonchev–Trinajstić information content (AvgIpc) is 2.39. The van der Waals surface area contributed by atoms with Gasteiger partial charge in [-0.3, -0.25) is 0 Å². The van der Waals surface area contributed by atoms with Gasteiger partial charge in [0.2, 0.25) is 0 Å². The lowest BCUT2D eigenvalue weighted by atomic mass is 10.2. The Balaban J connectivity index is 2.20. The van der Waals surface area contributed by atoms with E-state index in [1.54, 1.807) is 6.07 Å². The van der Waals surface area contributed by atoms with Crippen molar-refractivity contribution < 1.29 is 0 Å². The summed E-state index contributed by atoms with van der Waals surface area (Å²) in [5.41, 5.74) is 4.56. The van der Waals surface area contributed by atoms with Crippen molar-refractivity contribution >= 4 is 23.0 Å². The lowest BCUT2D eigenvalue weighted by Crippen LogP contribution is -2.09. The largest absolute Gasteiger partial charge is 0.378 e. The fraction of sp³-hybridized carbons (Fsp3) is 0.167. The summed E-state index contributed by atoms with van der Waals surface area (Å²) in [5, 5.41) is 3.20. The summed E-state index contributed by atoms with van der Waals surface area (Å²) in [5.74, 6) is 6.56. The number of rotatable bonds is 4. The summed E-state index contributed by atoms with van der Waals surface area (Å²) < 4.78 is 0. The van der Waals surface area contributed by atoms with Gasteiger partial charge in [0.25, 0.3) is 0 Å². The van der Waals surface area contributed by atoms with Crippen molar-refractivity contribution in [2.75, 3.05) is 29.7 Å². The van der Waals surface area contributed by atoms with Gasteiger partial charge in [-0.05, 0) is 18.2 Å². The third-order valence-electron chi connectivity index (χ3n) is 2.45. The number of nitrogen functional groups attached to an aromatic ring is 1. The molecule has 0 unspecified atom stereocenters. The van der Waals surface area contributed by atoms with E-state index in [0.717, 1.165) is 11.4 Å². The third kappa shape index (κ3) is 2.86. The Kier molecular flexibility index (Phi) is 3.59. The Morgan fingerprint density at radius 3 is 2.61 bits per heavy atom. The van der Waals surface area contributed by atoms with Crippen molar-refractivity contribution in [3.8, 4) is 0 Å². The molecule has 0 aliphatic carbocycles. The van der Waals surface area contributed by atoms with Crippen LogP contribution in [-0.2, 0) is 0 Å². The number of hydrogen-bond acceptors (Lipinski definition) is 6. The van der Waals surface area contributed by atoms with Gasteiger partial charge in [0.15, 0.2) is 0 Å². The quantitative estimate of drug-likeness (QED) is 0.559. The highest BCUT2D eigenvalue weighted by molar-refractivity contribution is 5.64. The van der Waals surface area contributed by atoms with Crippen LogP contribution in [-0.4, -0.2) is 24.1 Å². The number of hydrazine groups is 1. The van der Waals surface area contributed by atoms with Crippen LogP contribution >= 0.6 is 0 Å². The number of nitrogens with zero attached hydrogens (tertiary/aromatic N) is 3. The van der Waals surface area contributed by atoms with Gasteiger partial charge in [-0.25, -0.2) is 15.8 Å². The molecule has 0 atom stereocenters. The minimum atomic E-state index is 0.566. The highest BCUT2D eigenvalue weighted by Crippen LogP contribution is 2.20. The molecule has 0 spiro atoms. The summed E-state index contributed by atoms with van der Waals surface area (Å²) in [6.45, 7) is 0. The van der Waals surface area contributed by atoms with E-state index in [2.05, 4.69) is 20.7 Å². The molecule has 2 aromatic rings. The Labute approximate surface area is 106 Å². The van der Waals surface area contributed by atoms with E-state index in [-0.39, 0.29) is 0 Å². The zero-order valence-electron chi connectivity index (χ0n) is 10.4. The Hall–Kier alpha value is -2.34. The van der Waals surface area contributed by atoms with Gasteiger partial charge in [-0.1, -0.05) is 6.07 Å². The van der Waals surface area contributed by atoms with E-state index < -0.39 is 0 Å². The normalized spacial score (nSPS) is 9.94. The van der Waals surface area contributed by atoms with Crippen LogP contribution in [0.2, 0.25) is 0 Å². The van der Waals surface area contributed by atoms with Gasteiger partial charge in [0.05, 0.1) is 0 Å². The molecule has 0 fully saturated rings. The molecule has 1 aromatic heterocycles. The number of aromatic nitrogens is 2. The van der Waals surface area contributed by atoms with Gasteiger partial charge >= 0.3 is 0 Å². The van der Waals surface area contributed by atoms with Gasteiger partial charge in [-0.2, -0.15) is 0 Å². The molecule has 18 heavy (non-hydrogen) atoms. The first kappa shape index (κ1) is 12.1. The first-order valence-electron chi connectivity index (χ1n) is 5.52. The molecule has 1 heterocycles. The number of anilines is 4. The van der Waals surface area contributed by atoms with E-state index in [1.807, 2.05) is 43.3 Å². The molecule has 0 saturated heterocycles. The predicted octanol–water partition coefficient (Wildman–Crippen LogP) is 1.57. The van der Waals surface area contributed by atoms with Crippen LogP contribution in [0.4, 0.5) is 23.0 Å². The maximum Gasteiger partial charge on any atom is 0.145 e. The number of nitrogens with two attached hydrogens (primary N) is 1. The molecule has 2 rings (SSSR count). The topological polar surface area (TPSA) is 79.1 Å². The zero-order valence-corrected chi connectivity index (χ0v) is 10.4. The first-order chi connectivity index (χ1) is 8.69. The highest BCUT2D eigenvalue weighted by atomic mass is 15.3. The van der Waals surface area contributed by atoms with Gasteiger partial charge < -0.3 is 15.6 Å². The van der Waals surface area contributed by atoms with E-state index in [4.69, 9.17) is 5.84 Å². The Bertz CT molecular complexity index is 525.